The van der Waals surface area contributed by atoms with Crippen molar-refractivity contribution in [3.05, 3.63) is 337 Å². The number of halogens is 10. The van der Waals surface area contributed by atoms with Crippen LogP contribution in [-0.4, -0.2) is 99.6 Å². The lowest BCUT2D eigenvalue weighted by molar-refractivity contribution is -0.135. The molecule has 8 aliphatic heterocycles. The smallest absolute Gasteiger partial charge is 0.241 e. The molecular weight excluding hydrogens is 1870 g/mol. The molecule has 137 heavy (non-hydrogen) atoms. The highest BCUT2D eigenvalue weighted by Crippen LogP contribution is 2.64. The minimum Gasteiger partial charge on any atom is -0.493 e. The van der Waals surface area contributed by atoms with E-state index in [1.54, 1.807) is 0 Å². The number of benzene rings is 10. The molecule has 5 amide bonds. The van der Waals surface area contributed by atoms with Gasteiger partial charge in [-0.3, -0.25) is 24.0 Å². The second-order valence-electron chi connectivity index (χ2n) is 34.1. The van der Waals surface area contributed by atoms with Crippen molar-refractivity contribution in [2.45, 2.75) is 157 Å². The predicted octanol–water partition coefficient (Wildman–Crippen LogP) is 23.6. The van der Waals surface area contributed by atoms with E-state index in [-0.39, 0.29) is 92.5 Å². The van der Waals surface area contributed by atoms with E-state index in [1.807, 2.05) is 121 Å². The Hall–Kier alpha value is -12.2. The van der Waals surface area contributed by atoms with Crippen molar-refractivity contribution in [2.24, 2.45) is 49.2 Å². The Morgan fingerprint density at radius 2 is 0.606 bits per heavy atom. The van der Waals surface area contributed by atoms with Crippen LogP contribution in [0.1, 0.15) is 186 Å². The largest absolute Gasteiger partial charge is 0.493 e. The third-order valence-electron chi connectivity index (χ3n) is 25.3. The van der Waals surface area contributed by atoms with Crippen molar-refractivity contribution >= 4 is 114 Å². The number of nitriles is 1. The number of hydrogen-bond acceptors (Lipinski definition) is 19. The number of para-hydroxylation sites is 3. The summed E-state index contributed by atoms with van der Waals surface area (Å²) < 4.78 is 159. The highest BCUT2D eigenvalue weighted by Gasteiger charge is 2.62. The first kappa shape index (κ1) is 97.9. The summed E-state index contributed by atoms with van der Waals surface area (Å²) in [4.78, 5) is 58.4. The highest BCUT2D eigenvalue weighted by molar-refractivity contribution is 8.16. The average molecular weight is 1960 g/mol. The van der Waals surface area contributed by atoms with Gasteiger partial charge in [0.25, 0.3) is 0 Å². The number of thioether (sulfide) groups is 5. The molecule has 2 aliphatic carbocycles. The van der Waals surface area contributed by atoms with Gasteiger partial charge in [0.1, 0.15) is 110 Å². The number of fused-ring (bicyclic) bond motifs is 10. The van der Waals surface area contributed by atoms with Gasteiger partial charge in [-0.1, -0.05) is 221 Å². The van der Waals surface area contributed by atoms with Gasteiger partial charge in [-0.15, -0.1) is 0 Å². The first-order valence-corrected chi connectivity index (χ1v) is 48.9. The minimum absolute atomic E-state index is 0.0169. The van der Waals surface area contributed by atoms with Crippen LogP contribution in [0, 0.1) is 93.2 Å². The van der Waals surface area contributed by atoms with E-state index in [0.717, 1.165) is 188 Å². The zero-order chi connectivity index (χ0) is 97.2. The third kappa shape index (κ3) is 18.4. The first-order chi connectivity index (χ1) is 65.9. The second kappa shape index (κ2) is 40.9. The molecular formula is C103H93F10N11O8S5. The number of carbonyl (C=O) groups is 5. The second-order valence-corrected chi connectivity index (χ2v) is 40.2. The molecule has 10 aromatic carbocycles. The Morgan fingerprint density at radius 1 is 0.343 bits per heavy atom. The van der Waals surface area contributed by atoms with Crippen LogP contribution >= 0.6 is 58.8 Å². The quantitative estimate of drug-likeness (QED) is 0.0873. The lowest BCUT2D eigenvalue weighted by atomic mass is 9.82. The maximum absolute atomic E-state index is 14.5. The number of rotatable bonds is 15. The van der Waals surface area contributed by atoms with E-state index >= 15 is 0 Å². The van der Waals surface area contributed by atoms with Gasteiger partial charge in [0.05, 0.1) is 25.9 Å². The Kier molecular flexibility index (Phi) is 29.2. The molecule has 20 rings (SSSR count). The summed E-state index contributed by atoms with van der Waals surface area (Å²) in [6, 6.07) is 56.7. The zero-order valence-corrected chi connectivity index (χ0v) is 79.7. The minimum atomic E-state index is -0.924. The topological polar surface area (TPSA) is 215 Å². The molecule has 0 saturated carbocycles. The molecule has 34 heteroatoms. The Bertz CT molecular complexity index is 6260. The number of unbranched alkanes of at least 4 members (excludes halogenated alkanes) is 3. The van der Waals surface area contributed by atoms with Gasteiger partial charge in [-0.05, 0) is 157 Å². The van der Waals surface area contributed by atoms with Gasteiger partial charge in [0, 0.05) is 116 Å². The molecule has 0 radical (unpaired) electrons. The van der Waals surface area contributed by atoms with Crippen molar-refractivity contribution in [3.63, 3.8) is 0 Å². The lowest BCUT2D eigenvalue weighted by Gasteiger charge is -2.45. The summed E-state index contributed by atoms with van der Waals surface area (Å²) in [5, 5.41) is 40.0. The summed E-state index contributed by atoms with van der Waals surface area (Å²) in [6.45, 7) is 14.8. The molecule has 708 valence electrons. The maximum atomic E-state index is 14.5. The molecule has 5 spiro atoms. The van der Waals surface area contributed by atoms with E-state index in [4.69, 9.17) is 14.2 Å². The van der Waals surface area contributed by atoms with Crippen LogP contribution in [0.2, 0.25) is 0 Å². The summed E-state index contributed by atoms with van der Waals surface area (Å²) >= 11 is 6.47. The van der Waals surface area contributed by atoms with Crippen molar-refractivity contribution in [1.29, 1.82) is 5.26 Å². The van der Waals surface area contributed by atoms with Gasteiger partial charge in [-0.25, -0.2) is 68.9 Å². The van der Waals surface area contributed by atoms with Crippen LogP contribution in [0.4, 0.5) is 43.9 Å². The van der Waals surface area contributed by atoms with Gasteiger partial charge < -0.3 is 14.2 Å². The molecule has 19 nitrogen and oxygen atoms in total. The normalized spacial score (nSPS) is 22.8. The molecule has 0 bridgehead atoms. The molecule has 0 fully saturated rings. The van der Waals surface area contributed by atoms with Gasteiger partial charge in [-0.2, -0.15) is 30.8 Å². The van der Waals surface area contributed by atoms with Gasteiger partial charge in [0.2, 0.25) is 29.5 Å². The first-order valence-electron chi connectivity index (χ1n) is 44.8. The van der Waals surface area contributed by atoms with Crippen LogP contribution in [0.25, 0.3) is 0 Å². The number of ether oxygens (including phenoxy) is 3. The fourth-order valence-electron chi connectivity index (χ4n) is 19.0. The lowest BCUT2D eigenvalue weighted by Crippen LogP contribution is -2.50. The Labute approximate surface area is 807 Å². The summed E-state index contributed by atoms with van der Waals surface area (Å²) in [7, 11) is 0. The van der Waals surface area contributed by atoms with Gasteiger partial charge in [0.15, 0.2) is 14.6 Å². The number of amides is 5. The standard InChI is InChI=1S/3C22H22F2N2O2S.C20H15F2N3OS.C17H12F2N2OS/c3*1-3-4-7-15-13-28-20-9-6-5-8-18(20)22(15)26(14(2)27)25-21(29-22)17-12-16(23)10-11-19(17)24;1-12(26)25-20(14(8-9-23)10-13-4-2-3-5-17(13)20)27-19(24-25)16-11-15(21)6-7-18(16)22;1-10(22)21-17(9-11-4-2-3-5-14(11)17)23-16(20-21)13-8-12(18)6-7-15(13)19/h3*5-6,8-12,15H,3-4,7,13H2,1-2H3;2-7,11,14H,8,10H2,1H3;2-8H,9H2,1H3/t3*15-,22+;14-,20?;/m1000./s1. The van der Waals surface area contributed by atoms with Crippen molar-refractivity contribution < 1.29 is 82.1 Å². The molecule has 0 saturated heterocycles. The van der Waals surface area contributed by atoms with Crippen molar-refractivity contribution in [2.75, 3.05) is 19.8 Å². The van der Waals surface area contributed by atoms with Crippen molar-refractivity contribution in [1.82, 2.24) is 25.0 Å². The predicted molar refractivity (Wildman–Crippen MR) is 512 cm³/mol. The fraction of sp³-hybridized carbons (Fsp3) is 0.311. The molecule has 9 atom stereocenters. The summed E-state index contributed by atoms with van der Waals surface area (Å²) in [5.74, 6) is -5.13. The van der Waals surface area contributed by atoms with E-state index < -0.39 is 82.5 Å². The number of carbonyl (C=O) groups excluding carboxylic acids is 5. The van der Waals surface area contributed by atoms with E-state index in [2.05, 4.69) is 52.3 Å². The average Bonchev–Trinajstić information content (AvgIpc) is 1.60. The Morgan fingerprint density at radius 3 is 0.898 bits per heavy atom. The van der Waals surface area contributed by atoms with Crippen LogP contribution in [0.5, 0.6) is 17.2 Å². The molecule has 10 aromatic rings. The molecule has 10 aliphatic rings. The van der Waals surface area contributed by atoms with E-state index in [1.165, 1.54) is 118 Å². The SMILES string of the molecule is CC(=O)N1N=C(c2cc(F)ccc2F)SC12Cc1ccccc12.CC(=O)N1N=C(c2cc(F)ccc2F)SC12c1ccccc1C[C@@H]2CC#N.CCCC[C@@H]1COc2ccccc2[C@@]12SC(c1cc(F)ccc1F)=NN2C(C)=O.CCCC[C@H]1COc2ccccc2[C@]12SC(c1cc(F)ccc1F)=NN2C(C)=O.CCCC[C@H]1COc2ccccc2[C@]12SC(c1cc(F)ccc1F)=NN2C(C)=O. The molecule has 0 aromatic heterocycles. The number of hydrazone groups is 5. The molecule has 8 heterocycles. The third-order valence-corrected chi connectivity index (χ3v) is 32.8. The van der Waals surface area contributed by atoms with Crippen LogP contribution < -0.4 is 14.2 Å². The van der Waals surface area contributed by atoms with E-state index in [9.17, 15) is 73.1 Å². The zero-order valence-electron chi connectivity index (χ0n) is 75.6. The van der Waals surface area contributed by atoms with Crippen LogP contribution in [-0.2, 0) is 61.2 Å². The number of nitrogens with zero attached hydrogens (tertiary/aromatic N) is 11. The van der Waals surface area contributed by atoms with E-state index in [0.29, 0.717) is 70.1 Å². The van der Waals surface area contributed by atoms with Gasteiger partial charge >= 0.3 is 0 Å². The van der Waals surface area contributed by atoms with Crippen LogP contribution in [0.15, 0.2) is 238 Å². The number of hydrogen-bond donors (Lipinski definition) is 0. The summed E-state index contributed by atoms with van der Waals surface area (Å²) in [6.07, 6.45) is 9.88. The summed E-state index contributed by atoms with van der Waals surface area (Å²) in [5.41, 5.74) is 6.87. The van der Waals surface area contributed by atoms with Crippen LogP contribution in [0.3, 0.4) is 0 Å². The maximum Gasteiger partial charge on any atom is 0.241 e. The molecule has 2 unspecified atom stereocenters. The fourth-order valence-corrected chi connectivity index (χ4v) is 26.8. The molecule has 0 N–H and O–H groups in total. The monoisotopic (exact) mass is 1960 g/mol. The Balaban J connectivity index is 0.000000124. The van der Waals surface area contributed by atoms with Crippen molar-refractivity contribution in [3.8, 4) is 23.3 Å². The highest BCUT2D eigenvalue weighted by atomic mass is 32.2.